The molecule has 0 radical (unpaired) electrons. The van der Waals surface area contributed by atoms with Crippen LogP contribution in [0.1, 0.15) is 52.6 Å². The second kappa shape index (κ2) is 9.67. The molecule has 7 rings (SSSR count). The zero-order chi connectivity index (χ0) is 31.0. The molecule has 8 N–H and O–H groups in total. The molecule has 0 fully saturated rings. The number of nitrogens with zero attached hydrogens (tertiary/aromatic N) is 2. The molecule has 4 heterocycles. The number of H-pyrrole nitrogens is 4. The van der Waals surface area contributed by atoms with E-state index in [1.807, 2.05) is 25.1 Å². The van der Waals surface area contributed by atoms with Crippen LogP contribution in [0.5, 0.6) is 0 Å². The van der Waals surface area contributed by atoms with Crippen LogP contribution in [0.3, 0.4) is 0 Å². The monoisotopic (exact) mass is 659 g/mol. The molecule has 2 aliphatic carbocycles. The Balaban J connectivity index is 0.000000423. The number of benzene rings is 1. The number of Topliss-reactive ketones (excluding diaryl/α,β-unsaturated/α-hetero) is 1. The van der Waals surface area contributed by atoms with Crippen molar-refractivity contribution < 1.29 is 33.0 Å². The minimum absolute atomic E-state index is 0.0871. The maximum absolute atomic E-state index is 13.4. The van der Waals surface area contributed by atoms with Crippen molar-refractivity contribution in [2.75, 3.05) is 5.73 Å². The number of carboxylic acid groups (broad SMARTS) is 1. The first-order valence-electron chi connectivity index (χ1n) is 12.7. The van der Waals surface area contributed by atoms with Crippen molar-refractivity contribution in [3.8, 4) is 22.5 Å². The summed E-state index contributed by atoms with van der Waals surface area (Å²) in [6.45, 7) is 2.01. The van der Waals surface area contributed by atoms with Gasteiger partial charge in [0.05, 0.1) is 17.6 Å². The first kappa shape index (κ1) is 28.4. The van der Waals surface area contributed by atoms with Crippen molar-refractivity contribution in [2.24, 2.45) is 0 Å². The highest BCUT2D eigenvalue weighted by molar-refractivity contribution is 9.10. The number of nitrogen functional groups attached to an aromatic ring is 1. The number of alkyl halides is 3. The number of hydrogen-bond donors (Lipinski definition) is 7. The van der Waals surface area contributed by atoms with Gasteiger partial charge in [-0.15, -0.1) is 0 Å². The Morgan fingerprint density at radius 2 is 1.86 bits per heavy atom. The number of hydrogen-bond acceptors (Lipinski definition) is 7. The number of halogens is 4. The van der Waals surface area contributed by atoms with Crippen LogP contribution in [0, 0.1) is 0 Å². The summed E-state index contributed by atoms with van der Waals surface area (Å²) in [6, 6.07) is 5.78. The van der Waals surface area contributed by atoms with E-state index < -0.39 is 23.5 Å². The summed E-state index contributed by atoms with van der Waals surface area (Å²) < 4.78 is 32.7. The third-order valence-corrected chi connectivity index (χ3v) is 8.32. The number of anilines is 1. The largest absolute Gasteiger partial charge is 0.490 e. The summed E-state index contributed by atoms with van der Waals surface area (Å²) in [5, 5.41) is 19.4. The van der Waals surface area contributed by atoms with Gasteiger partial charge in [-0.25, -0.2) is 14.8 Å². The molecule has 0 amide bonds. The molecule has 5 aromatic rings. The molecule has 0 saturated carbocycles. The van der Waals surface area contributed by atoms with Crippen LogP contribution in [0.15, 0.2) is 46.1 Å². The number of imidazole rings is 1. The van der Waals surface area contributed by atoms with Gasteiger partial charge in [0.15, 0.2) is 11.5 Å². The highest BCUT2D eigenvalue weighted by Crippen LogP contribution is 2.55. The Bertz CT molecular complexity index is 2010. The Labute approximate surface area is 246 Å². The highest BCUT2D eigenvalue weighted by Gasteiger charge is 2.56. The van der Waals surface area contributed by atoms with Crippen molar-refractivity contribution >= 4 is 44.5 Å². The van der Waals surface area contributed by atoms with Crippen molar-refractivity contribution in [1.82, 2.24) is 29.9 Å². The average Bonchev–Trinajstić information content (AvgIpc) is 3.66. The van der Waals surface area contributed by atoms with Crippen LogP contribution in [0.25, 0.3) is 33.4 Å². The fourth-order valence-electron chi connectivity index (χ4n) is 5.86. The van der Waals surface area contributed by atoms with E-state index in [1.165, 1.54) is 0 Å². The summed E-state index contributed by atoms with van der Waals surface area (Å²) in [5.74, 6) is -3.34. The van der Waals surface area contributed by atoms with Gasteiger partial charge in [0, 0.05) is 50.5 Å². The number of ketones is 1. The number of carbonyl (C=O) groups excluding carboxylic acids is 1. The number of fused-ring (bicyclic) bond motifs is 7. The molecule has 2 bridgehead atoms. The van der Waals surface area contributed by atoms with Gasteiger partial charge in [-0.2, -0.15) is 13.2 Å². The summed E-state index contributed by atoms with van der Waals surface area (Å²) in [4.78, 5) is 56.4. The van der Waals surface area contributed by atoms with E-state index in [0.29, 0.717) is 39.6 Å². The maximum atomic E-state index is 13.4. The van der Waals surface area contributed by atoms with E-state index in [2.05, 4.69) is 45.8 Å². The lowest BCUT2D eigenvalue weighted by Gasteiger charge is -2.42. The Kier molecular flexibility index (Phi) is 6.39. The second-order valence-electron chi connectivity index (χ2n) is 10.3. The fourth-order valence-corrected chi connectivity index (χ4v) is 6.22. The zero-order valence-corrected chi connectivity index (χ0v) is 23.5. The van der Waals surface area contributed by atoms with Crippen molar-refractivity contribution in [3.63, 3.8) is 0 Å². The normalized spacial score (nSPS) is 20.7. The van der Waals surface area contributed by atoms with Gasteiger partial charge < -0.3 is 35.9 Å². The second-order valence-corrected chi connectivity index (χ2v) is 11.2. The van der Waals surface area contributed by atoms with E-state index in [4.69, 9.17) is 15.6 Å². The maximum Gasteiger partial charge on any atom is 0.490 e. The molecule has 222 valence electrons. The van der Waals surface area contributed by atoms with Crippen LogP contribution < -0.4 is 11.3 Å². The van der Waals surface area contributed by atoms with Crippen LogP contribution in [-0.2, 0) is 10.4 Å². The highest BCUT2D eigenvalue weighted by atomic mass is 79.9. The average molecular weight is 660 g/mol. The van der Waals surface area contributed by atoms with Gasteiger partial charge in [-0.1, -0.05) is 28.9 Å². The molecule has 2 aliphatic rings. The number of aromatic amines is 4. The van der Waals surface area contributed by atoms with Crippen molar-refractivity contribution in [2.45, 2.75) is 37.0 Å². The van der Waals surface area contributed by atoms with Gasteiger partial charge >= 0.3 is 12.1 Å². The predicted octanol–water partition coefficient (Wildman–Crippen LogP) is 4.29. The number of nitrogens with one attached hydrogen (secondary N) is 4. The van der Waals surface area contributed by atoms with Gasteiger partial charge in [-0.3, -0.25) is 9.59 Å². The van der Waals surface area contributed by atoms with Gasteiger partial charge in [0.2, 0.25) is 5.78 Å². The number of nitrogens with two attached hydrogens (primary N) is 1. The lowest BCUT2D eigenvalue weighted by atomic mass is 9.63. The van der Waals surface area contributed by atoms with Crippen LogP contribution in [-0.4, -0.2) is 58.0 Å². The minimum Gasteiger partial charge on any atom is -0.475 e. The molecule has 1 aromatic carbocycles. The molecule has 12 nitrogen and oxygen atoms in total. The molecule has 0 saturated heterocycles. The minimum atomic E-state index is -5.08. The zero-order valence-electron chi connectivity index (χ0n) is 21.9. The quantitative estimate of drug-likeness (QED) is 0.145. The number of rotatable bonds is 2. The molecule has 43 heavy (non-hydrogen) atoms. The Morgan fingerprint density at radius 1 is 1.16 bits per heavy atom. The first-order chi connectivity index (χ1) is 20.2. The van der Waals surface area contributed by atoms with Crippen LogP contribution in [0.4, 0.5) is 19.1 Å². The van der Waals surface area contributed by atoms with E-state index in [1.54, 1.807) is 18.6 Å². The lowest BCUT2D eigenvalue weighted by Crippen LogP contribution is -2.46. The number of aliphatic carboxylic acids is 1. The molecule has 16 heteroatoms. The topological polar surface area (TPSA) is 207 Å². The van der Waals surface area contributed by atoms with Gasteiger partial charge in [0.25, 0.3) is 5.56 Å². The molecule has 0 spiro atoms. The fraction of sp³-hybridized carbons (Fsp3) is 0.222. The van der Waals surface area contributed by atoms with E-state index in [-0.39, 0.29) is 29.8 Å². The third-order valence-electron chi connectivity index (χ3n) is 7.83. The Hall–Kier alpha value is -4.70. The summed E-state index contributed by atoms with van der Waals surface area (Å²) in [7, 11) is 0. The number of aromatic nitrogens is 6. The molecular formula is C27H21BrF3N7O5. The van der Waals surface area contributed by atoms with E-state index in [9.17, 15) is 27.9 Å². The van der Waals surface area contributed by atoms with E-state index in [0.717, 1.165) is 20.9 Å². The van der Waals surface area contributed by atoms with E-state index >= 15 is 0 Å². The predicted molar refractivity (Wildman–Crippen MR) is 150 cm³/mol. The van der Waals surface area contributed by atoms with Crippen molar-refractivity contribution in [1.29, 1.82) is 0 Å². The smallest absolute Gasteiger partial charge is 0.475 e. The van der Waals surface area contributed by atoms with Crippen LogP contribution in [0.2, 0.25) is 0 Å². The van der Waals surface area contributed by atoms with Gasteiger partial charge in [0.1, 0.15) is 11.4 Å². The summed E-state index contributed by atoms with van der Waals surface area (Å²) in [6.07, 6.45) is 0.161. The molecule has 0 aliphatic heterocycles. The lowest BCUT2D eigenvalue weighted by molar-refractivity contribution is -0.192. The molecule has 3 atom stereocenters. The van der Waals surface area contributed by atoms with Crippen molar-refractivity contribution in [3.05, 3.63) is 74.3 Å². The number of aliphatic hydroxyl groups is 1. The molecule has 4 aromatic heterocycles. The number of carbonyl (C=O) groups is 2. The Morgan fingerprint density at radius 3 is 2.53 bits per heavy atom. The molecular weight excluding hydrogens is 639 g/mol. The summed E-state index contributed by atoms with van der Waals surface area (Å²) >= 11 is 3.46. The van der Waals surface area contributed by atoms with Gasteiger partial charge in [-0.05, 0) is 30.0 Å². The standard InChI is InChI=1S/C25H20BrN7O3.C2HF3O2/c1-9-12-5-25(36,21-18(9)32-24(27)33-21)22(34)20-17(12)14(7-29-20)16-8-30-19(23(35)31-16)13-6-28-15-4-10(26)2-3-11(13)15;3-2(4,5)1(6)7/h2-4,6-9,12,28-29,36H,5H2,1H3,(H,31,35)(H3,27,32,33);(H,6,7)/t9-,12-,25-;/m0./s1. The van der Waals surface area contributed by atoms with Crippen LogP contribution >= 0.6 is 15.9 Å². The third kappa shape index (κ3) is 4.44. The number of carboxylic acids is 1. The first-order valence-corrected chi connectivity index (χ1v) is 13.5. The SMILES string of the molecule is C[C@@H]1c2[nH]c(N)nc2[C@@]2(O)C[C@@H]1c1c(-c3cnc(-c4c[nH]c5cc(Br)ccc45)c(=O)[nH]3)c[nH]c1C2=O.O=C(O)C(F)(F)F. The summed E-state index contributed by atoms with van der Waals surface area (Å²) in [5.41, 5.74) is 8.84. The molecule has 0 unspecified atom stereocenters.